The first-order valence-electron chi connectivity index (χ1n) is 9.09. The van der Waals surface area contributed by atoms with Crippen molar-refractivity contribution < 1.29 is 4.74 Å². The van der Waals surface area contributed by atoms with E-state index in [0.29, 0.717) is 11.8 Å². The normalized spacial score (nSPS) is 10.8. The average molecular weight is 405 g/mol. The van der Waals surface area contributed by atoms with Gasteiger partial charge >= 0.3 is 6.01 Å². The van der Waals surface area contributed by atoms with Crippen LogP contribution in [-0.4, -0.2) is 42.5 Å². The van der Waals surface area contributed by atoms with E-state index in [1.807, 2.05) is 48.5 Å². The number of rotatable bonds is 9. The Hall–Kier alpha value is -3.30. The molecular weight excluding hydrogens is 386 g/mol. The van der Waals surface area contributed by atoms with Crippen LogP contribution >= 0.6 is 11.8 Å². The molecule has 146 valence electrons. The van der Waals surface area contributed by atoms with Crippen LogP contribution in [0.1, 0.15) is 5.56 Å². The number of nitrogens with zero attached hydrogens (tertiary/aromatic N) is 6. The summed E-state index contributed by atoms with van der Waals surface area (Å²) in [6.45, 7) is 1.55. The largest absolute Gasteiger partial charge is 0.424 e. The first kappa shape index (κ1) is 19.0. The van der Waals surface area contributed by atoms with Crippen molar-refractivity contribution in [2.45, 2.75) is 11.7 Å². The smallest absolute Gasteiger partial charge is 0.321 e. The topological polar surface area (TPSA) is 90.6 Å². The lowest BCUT2D eigenvalue weighted by atomic mass is 10.2. The van der Waals surface area contributed by atoms with Gasteiger partial charge in [-0.1, -0.05) is 42.1 Å². The molecule has 0 radical (unpaired) electrons. The third kappa shape index (κ3) is 5.37. The third-order valence-electron chi connectivity index (χ3n) is 3.93. The minimum absolute atomic E-state index is 0.338. The summed E-state index contributed by atoms with van der Waals surface area (Å²) in [7, 11) is 0. The van der Waals surface area contributed by atoms with Crippen LogP contribution in [0.15, 0.2) is 78.2 Å². The van der Waals surface area contributed by atoms with Gasteiger partial charge in [0.25, 0.3) is 0 Å². The van der Waals surface area contributed by atoms with Gasteiger partial charge in [0.05, 0.1) is 5.69 Å². The van der Waals surface area contributed by atoms with E-state index >= 15 is 0 Å². The maximum atomic E-state index is 5.67. The lowest BCUT2D eigenvalue weighted by Gasteiger charge is -2.08. The quantitative estimate of drug-likeness (QED) is 0.335. The van der Waals surface area contributed by atoms with Crippen molar-refractivity contribution in [3.63, 3.8) is 0 Å². The van der Waals surface area contributed by atoms with Crippen LogP contribution < -0.4 is 10.1 Å². The zero-order valence-corrected chi connectivity index (χ0v) is 16.4. The number of benzene rings is 2. The van der Waals surface area contributed by atoms with E-state index in [9.17, 15) is 0 Å². The Morgan fingerprint density at radius 2 is 1.83 bits per heavy atom. The highest BCUT2D eigenvalue weighted by Gasteiger charge is 2.08. The van der Waals surface area contributed by atoms with Crippen LogP contribution in [0.4, 0.5) is 0 Å². The van der Waals surface area contributed by atoms with Crippen molar-refractivity contribution >= 4 is 11.8 Å². The Bertz CT molecular complexity index is 1030. The lowest BCUT2D eigenvalue weighted by Crippen LogP contribution is -2.16. The molecule has 9 heteroatoms. The molecule has 0 saturated heterocycles. The van der Waals surface area contributed by atoms with Crippen molar-refractivity contribution in [3.8, 4) is 17.4 Å². The fourth-order valence-electron chi connectivity index (χ4n) is 2.61. The first-order valence-corrected chi connectivity index (χ1v) is 10.1. The Kier molecular flexibility index (Phi) is 6.41. The van der Waals surface area contributed by atoms with Gasteiger partial charge in [-0.2, -0.15) is 4.68 Å². The van der Waals surface area contributed by atoms with Crippen molar-refractivity contribution in [2.75, 3.05) is 12.3 Å². The Morgan fingerprint density at radius 3 is 2.69 bits per heavy atom. The van der Waals surface area contributed by atoms with Gasteiger partial charge < -0.3 is 10.1 Å². The molecule has 0 atom stereocenters. The highest BCUT2D eigenvalue weighted by Crippen LogP contribution is 2.19. The van der Waals surface area contributed by atoms with Crippen LogP contribution in [0.3, 0.4) is 0 Å². The number of hydrogen-bond donors (Lipinski definition) is 1. The van der Waals surface area contributed by atoms with Crippen LogP contribution in [0.2, 0.25) is 0 Å². The summed E-state index contributed by atoms with van der Waals surface area (Å²) < 4.78 is 7.42. The van der Waals surface area contributed by atoms with Gasteiger partial charge in [0.15, 0.2) is 0 Å². The van der Waals surface area contributed by atoms with E-state index in [2.05, 4.69) is 36.9 Å². The number of hydrogen-bond acceptors (Lipinski definition) is 8. The number of para-hydroxylation sites is 1. The summed E-state index contributed by atoms with van der Waals surface area (Å²) in [5.41, 5.74) is 2.07. The zero-order valence-electron chi connectivity index (χ0n) is 15.5. The lowest BCUT2D eigenvalue weighted by molar-refractivity contribution is 0.441. The van der Waals surface area contributed by atoms with E-state index in [0.717, 1.165) is 35.2 Å². The number of thioether (sulfide) groups is 1. The van der Waals surface area contributed by atoms with Gasteiger partial charge in [0, 0.05) is 31.2 Å². The van der Waals surface area contributed by atoms with E-state index < -0.39 is 0 Å². The second-order valence-electron chi connectivity index (χ2n) is 6.01. The van der Waals surface area contributed by atoms with E-state index in [1.54, 1.807) is 34.9 Å². The summed E-state index contributed by atoms with van der Waals surface area (Å²) in [6.07, 6.45) is 3.30. The molecule has 0 unspecified atom stereocenters. The van der Waals surface area contributed by atoms with Gasteiger partial charge in [-0.25, -0.2) is 9.97 Å². The molecule has 0 saturated carbocycles. The molecule has 2 aromatic heterocycles. The van der Waals surface area contributed by atoms with E-state index in [4.69, 9.17) is 4.74 Å². The van der Waals surface area contributed by atoms with Gasteiger partial charge in [-0.05, 0) is 46.3 Å². The van der Waals surface area contributed by atoms with Crippen LogP contribution in [0.25, 0.3) is 5.69 Å². The molecule has 4 rings (SSSR count). The van der Waals surface area contributed by atoms with Gasteiger partial charge in [0.1, 0.15) is 5.75 Å². The number of tetrazole rings is 1. The predicted molar refractivity (Wildman–Crippen MR) is 110 cm³/mol. The Labute approximate surface area is 172 Å². The second-order valence-corrected chi connectivity index (χ2v) is 7.08. The standard InChI is InChI=1S/C20H19N7OS/c1-2-7-17(8-3-1)27-20(24-25-26-27)29-13-12-21-15-16-6-4-9-18(14-16)28-19-22-10-5-11-23-19/h1-11,14,21H,12-13,15H2. The fourth-order valence-corrected chi connectivity index (χ4v) is 3.40. The van der Waals surface area contributed by atoms with E-state index in [-0.39, 0.29) is 0 Å². The minimum Gasteiger partial charge on any atom is -0.424 e. The van der Waals surface area contributed by atoms with E-state index in [1.165, 1.54) is 0 Å². The summed E-state index contributed by atoms with van der Waals surface area (Å²) >= 11 is 1.61. The van der Waals surface area contributed by atoms with Gasteiger partial charge in [-0.3, -0.25) is 0 Å². The first-order chi connectivity index (χ1) is 14.4. The summed E-state index contributed by atoms with van der Waals surface area (Å²) in [6, 6.07) is 19.8. The summed E-state index contributed by atoms with van der Waals surface area (Å²) in [4.78, 5) is 8.15. The number of nitrogens with one attached hydrogen (secondary N) is 1. The zero-order chi connectivity index (χ0) is 19.7. The van der Waals surface area contributed by atoms with Crippen LogP contribution in [-0.2, 0) is 6.54 Å². The number of ether oxygens (including phenoxy) is 1. The molecule has 0 aliphatic rings. The average Bonchev–Trinajstić information content (AvgIpc) is 3.24. The molecule has 8 nitrogen and oxygen atoms in total. The van der Waals surface area contributed by atoms with Crippen molar-refractivity contribution in [2.24, 2.45) is 0 Å². The SMILES string of the molecule is c1ccc(-n2nnnc2SCCNCc2cccc(Oc3ncccn3)c2)cc1. The highest BCUT2D eigenvalue weighted by atomic mass is 32.2. The third-order valence-corrected chi connectivity index (χ3v) is 4.85. The molecule has 1 N–H and O–H groups in total. The molecule has 0 aliphatic carbocycles. The molecule has 0 fully saturated rings. The molecule has 0 amide bonds. The molecular formula is C20H19N7OS. The van der Waals surface area contributed by atoms with Crippen LogP contribution in [0, 0.1) is 0 Å². The number of aromatic nitrogens is 6. The van der Waals surface area contributed by atoms with Crippen molar-refractivity contribution in [1.29, 1.82) is 0 Å². The maximum Gasteiger partial charge on any atom is 0.321 e. The molecule has 2 aromatic carbocycles. The van der Waals surface area contributed by atoms with Gasteiger partial charge in [0.2, 0.25) is 5.16 Å². The minimum atomic E-state index is 0.338. The summed E-state index contributed by atoms with van der Waals surface area (Å²) in [5.74, 6) is 1.56. The summed E-state index contributed by atoms with van der Waals surface area (Å²) in [5, 5.41) is 16.2. The molecule has 0 aliphatic heterocycles. The maximum absolute atomic E-state index is 5.67. The second kappa shape index (κ2) is 9.76. The van der Waals surface area contributed by atoms with Gasteiger partial charge in [-0.15, -0.1) is 5.10 Å². The molecule has 0 bridgehead atoms. The highest BCUT2D eigenvalue weighted by molar-refractivity contribution is 7.99. The Morgan fingerprint density at radius 1 is 0.966 bits per heavy atom. The molecule has 29 heavy (non-hydrogen) atoms. The molecule has 0 spiro atoms. The fraction of sp³-hybridized carbons (Fsp3) is 0.150. The van der Waals surface area contributed by atoms with Crippen molar-refractivity contribution in [3.05, 3.63) is 78.6 Å². The van der Waals surface area contributed by atoms with Crippen LogP contribution in [0.5, 0.6) is 11.8 Å². The molecule has 2 heterocycles. The van der Waals surface area contributed by atoms with Crippen molar-refractivity contribution in [1.82, 2.24) is 35.5 Å². The monoisotopic (exact) mass is 405 g/mol. The molecule has 4 aromatic rings. The predicted octanol–water partition coefficient (Wildman–Crippen LogP) is 3.13. The Balaban J connectivity index is 1.25.